The fraction of sp³-hybridized carbons (Fsp3) is 0.296. The fourth-order valence-corrected chi connectivity index (χ4v) is 4.38. The van der Waals surface area contributed by atoms with Crippen molar-refractivity contribution < 1.29 is 14.3 Å². The molecule has 1 fully saturated rings. The minimum atomic E-state index is 0.00581. The highest BCUT2D eigenvalue weighted by Crippen LogP contribution is 2.46. The summed E-state index contributed by atoms with van der Waals surface area (Å²) in [6.07, 6.45) is 4.08. The number of anilines is 1. The Morgan fingerprint density at radius 2 is 1.39 bits per heavy atom. The van der Waals surface area contributed by atoms with Crippen LogP contribution in [-0.4, -0.2) is 20.1 Å². The standard InChI is InChI=1S/C27H29NO3/c1-30-23-16-12-21(13-17-23)26-25(11-7-6-10-20-8-4-3-5-9-20)27(29)28(26)22-14-18-24(31-2)19-15-22/h3-5,8-9,12-19,25-26H,6-7,10-11H2,1-2H3/t25-,26+/m1/s1. The van der Waals surface area contributed by atoms with Crippen LogP contribution in [0.4, 0.5) is 5.69 Å². The lowest BCUT2D eigenvalue weighted by atomic mass is 9.78. The first-order valence-electron chi connectivity index (χ1n) is 10.9. The van der Waals surface area contributed by atoms with E-state index in [2.05, 4.69) is 36.4 Å². The van der Waals surface area contributed by atoms with Crippen LogP contribution in [-0.2, 0) is 11.2 Å². The van der Waals surface area contributed by atoms with Gasteiger partial charge in [-0.05, 0) is 66.8 Å². The maximum absolute atomic E-state index is 13.2. The zero-order valence-corrected chi connectivity index (χ0v) is 18.2. The molecule has 31 heavy (non-hydrogen) atoms. The van der Waals surface area contributed by atoms with E-state index in [1.807, 2.05) is 47.4 Å². The normalized spacial score (nSPS) is 17.9. The number of unbranched alkanes of at least 4 members (excludes halogenated alkanes) is 1. The van der Waals surface area contributed by atoms with Crippen LogP contribution in [0.25, 0.3) is 0 Å². The van der Waals surface area contributed by atoms with Gasteiger partial charge in [-0.2, -0.15) is 0 Å². The lowest BCUT2D eigenvalue weighted by Crippen LogP contribution is -2.55. The van der Waals surface area contributed by atoms with Crippen LogP contribution in [0.3, 0.4) is 0 Å². The SMILES string of the molecule is COc1ccc([C@H]2[C@@H](CCCCc3ccccc3)C(=O)N2c2ccc(OC)cc2)cc1. The summed E-state index contributed by atoms with van der Waals surface area (Å²) in [7, 11) is 3.32. The highest BCUT2D eigenvalue weighted by molar-refractivity contribution is 6.03. The summed E-state index contributed by atoms with van der Waals surface area (Å²) in [4.78, 5) is 15.1. The first kappa shape index (κ1) is 21.0. The van der Waals surface area contributed by atoms with Crippen LogP contribution in [0.5, 0.6) is 11.5 Å². The molecule has 1 heterocycles. The van der Waals surface area contributed by atoms with Crippen LogP contribution < -0.4 is 14.4 Å². The number of hydrogen-bond donors (Lipinski definition) is 0. The maximum Gasteiger partial charge on any atom is 0.233 e. The van der Waals surface area contributed by atoms with Gasteiger partial charge in [-0.15, -0.1) is 0 Å². The van der Waals surface area contributed by atoms with Crippen molar-refractivity contribution in [1.82, 2.24) is 0 Å². The topological polar surface area (TPSA) is 38.8 Å². The second kappa shape index (κ2) is 9.69. The summed E-state index contributed by atoms with van der Waals surface area (Å²) in [5.74, 6) is 1.82. The third kappa shape index (κ3) is 4.58. The van der Waals surface area contributed by atoms with E-state index >= 15 is 0 Å². The van der Waals surface area contributed by atoms with E-state index < -0.39 is 0 Å². The molecule has 4 nitrogen and oxygen atoms in total. The molecule has 0 aliphatic carbocycles. The van der Waals surface area contributed by atoms with Crippen LogP contribution >= 0.6 is 0 Å². The molecule has 0 radical (unpaired) electrons. The fourth-order valence-electron chi connectivity index (χ4n) is 4.38. The molecule has 0 saturated carbocycles. The van der Waals surface area contributed by atoms with Gasteiger partial charge in [0.15, 0.2) is 0 Å². The summed E-state index contributed by atoms with van der Waals surface area (Å²) in [5.41, 5.74) is 3.41. The third-order valence-electron chi connectivity index (χ3n) is 6.10. The predicted octanol–water partition coefficient (Wildman–Crippen LogP) is 5.82. The van der Waals surface area contributed by atoms with Crippen LogP contribution in [0.1, 0.15) is 36.4 Å². The van der Waals surface area contributed by atoms with Crippen LogP contribution in [0.2, 0.25) is 0 Å². The van der Waals surface area contributed by atoms with Crippen molar-refractivity contribution in [3.8, 4) is 11.5 Å². The minimum Gasteiger partial charge on any atom is -0.497 e. The number of β-lactam (4-membered cyclic amide) rings is 1. The van der Waals surface area contributed by atoms with Gasteiger partial charge in [0, 0.05) is 5.69 Å². The quantitative estimate of drug-likeness (QED) is 0.326. The molecule has 2 atom stereocenters. The van der Waals surface area contributed by atoms with E-state index in [-0.39, 0.29) is 17.9 Å². The monoisotopic (exact) mass is 415 g/mol. The largest absolute Gasteiger partial charge is 0.497 e. The zero-order valence-electron chi connectivity index (χ0n) is 18.2. The van der Waals surface area contributed by atoms with Gasteiger partial charge >= 0.3 is 0 Å². The van der Waals surface area contributed by atoms with Gasteiger partial charge in [0.25, 0.3) is 0 Å². The molecule has 0 bridgehead atoms. The zero-order chi connectivity index (χ0) is 21.6. The third-order valence-corrected chi connectivity index (χ3v) is 6.10. The molecule has 1 aliphatic heterocycles. The van der Waals surface area contributed by atoms with Gasteiger partial charge < -0.3 is 14.4 Å². The first-order chi connectivity index (χ1) is 15.2. The van der Waals surface area contributed by atoms with E-state index in [0.29, 0.717) is 0 Å². The lowest BCUT2D eigenvalue weighted by Gasteiger charge is -2.47. The van der Waals surface area contributed by atoms with Crippen molar-refractivity contribution in [3.05, 3.63) is 90.0 Å². The Bertz CT molecular complexity index is 983. The molecule has 3 aromatic carbocycles. The van der Waals surface area contributed by atoms with Crippen LogP contribution in [0, 0.1) is 5.92 Å². The van der Waals surface area contributed by atoms with Gasteiger partial charge in [-0.1, -0.05) is 48.9 Å². The molecule has 3 aromatic rings. The van der Waals surface area contributed by atoms with E-state index in [4.69, 9.17) is 9.47 Å². The maximum atomic E-state index is 13.2. The molecule has 1 amide bonds. The number of hydrogen-bond acceptors (Lipinski definition) is 3. The predicted molar refractivity (Wildman–Crippen MR) is 124 cm³/mol. The van der Waals surface area contributed by atoms with E-state index in [9.17, 15) is 4.79 Å². The number of methoxy groups -OCH3 is 2. The van der Waals surface area contributed by atoms with Crippen molar-refractivity contribution in [2.45, 2.75) is 31.7 Å². The molecule has 0 N–H and O–H groups in total. The minimum absolute atomic E-state index is 0.00581. The van der Waals surface area contributed by atoms with Crippen molar-refractivity contribution in [2.24, 2.45) is 5.92 Å². The Hall–Kier alpha value is -3.27. The number of carbonyl (C=O) groups is 1. The van der Waals surface area contributed by atoms with E-state index in [0.717, 1.165) is 48.4 Å². The summed E-state index contributed by atoms with van der Waals surface area (Å²) in [6.45, 7) is 0. The Morgan fingerprint density at radius 3 is 2.00 bits per heavy atom. The number of carbonyl (C=O) groups excluding carboxylic acids is 1. The highest BCUT2D eigenvalue weighted by atomic mass is 16.5. The molecule has 0 aromatic heterocycles. The van der Waals surface area contributed by atoms with Crippen molar-refractivity contribution in [2.75, 3.05) is 19.1 Å². The summed E-state index contributed by atoms with van der Waals surface area (Å²) < 4.78 is 10.6. The molecule has 1 aliphatic rings. The van der Waals surface area contributed by atoms with Crippen LogP contribution in [0.15, 0.2) is 78.9 Å². The van der Waals surface area contributed by atoms with Crippen molar-refractivity contribution in [3.63, 3.8) is 0 Å². The molecular weight excluding hydrogens is 386 g/mol. The Kier molecular flexibility index (Phi) is 6.56. The highest BCUT2D eigenvalue weighted by Gasteiger charge is 2.48. The number of amides is 1. The van der Waals surface area contributed by atoms with Crippen molar-refractivity contribution >= 4 is 11.6 Å². The Labute approximate surface area is 184 Å². The molecular formula is C27H29NO3. The molecule has 0 spiro atoms. The summed E-state index contributed by atoms with van der Waals surface area (Å²) in [6, 6.07) is 26.4. The smallest absolute Gasteiger partial charge is 0.233 e. The Balaban J connectivity index is 1.48. The molecule has 1 saturated heterocycles. The molecule has 160 valence electrons. The van der Waals surface area contributed by atoms with Gasteiger partial charge in [-0.25, -0.2) is 0 Å². The van der Waals surface area contributed by atoms with Gasteiger partial charge in [-0.3, -0.25) is 4.79 Å². The summed E-state index contributed by atoms with van der Waals surface area (Å²) in [5, 5.41) is 0. The number of rotatable bonds is 9. The second-order valence-electron chi connectivity index (χ2n) is 7.96. The number of ether oxygens (including phenoxy) is 2. The average molecular weight is 416 g/mol. The average Bonchev–Trinajstić information content (AvgIpc) is 2.83. The van der Waals surface area contributed by atoms with Gasteiger partial charge in [0.2, 0.25) is 5.91 Å². The van der Waals surface area contributed by atoms with Crippen molar-refractivity contribution in [1.29, 1.82) is 0 Å². The van der Waals surface area contributed by atoms with E-state index in [1.54, 1.807) is 14.2 Å². The lowest BCUT2D eigenvalue weighted by molar-refractivity contribution is -0.130. The summed E-state index contributed by atoms with van der Waals surface area (Å²) >= 11 is 0. The molecule has 4 heteroatoms. The Morgan fingerprint density at radius 1 is 0.774 bits per heavy atom. The molecule has 4 rings (SSSR count). The number of nitrogens with zero attached hydrogens (tertiary/aromatic N) is 1. The first-order valence-corrected chi connectivity index (χ1v) is 10.9. The second-order valence-corrected chi connectivity index (χ2v) is 7.96. The number of benzene rings is 3. The number of aryl methyl sites for hydroxylation is 1. The molecule has 0 unspecified atom stereocenters. The van der Waals surface area contributed by atoms with Gasteiger partial charge in [0.1, 0.15) is 11.5 Å². The van der Waals surface area contributed by atoms with Gasteiger partial charge in [0.05, 0.1) is 26.2 Å². The van der Waals surface area contributed by atoms with E-state index in [1.165, 1.54) is 5.56 Å².